The van der Waals surface area contributed by atoms with Crippen LogP contribution in [0.2, 0.25) is 0 Å². The van der Waals surface area contributed by atoms with Gasteiger partial charge in [-0.2, -0.15) is 0 Å². The van der Waals surface area contributed by atoms with Crippen LogP contribution in [0.1, 0.15) is 24.2 Å². The van der Waals surface area contributed by atoms with Gasteiger partial charge >= 0.3 is 0 Å². The normalized spacial score (nSPS) is 10.9. The molecule has 0 saturated carbocycles. The number of aromatic nitrogens is 1. The number of benzene rings is 2. The highest BCUT2D eigenvalue weighted by Gasteiger charge is 2.22. The van der Waals surface area contributed by atoms with Crippen LogP contribution in [0.5, 0.6) is 0 Å². The first-order valence-corrected chi connectivity index (χ1v) is 9.69. The zero-order valence-electron chi connectivity index (χ0n) is 15.7. The molecule has 0 radical (unpaired) electrons. The molecule has 1 amide bonds. The zero-order valence-corrected chi connectivity index (χ0v) is 17.3. The van der Waals surface area contributed by atoms with Gasteiger partial charge in [-0.15, -0.1) is 12.4 Å². The highest BCUT2D eigenvalue weighted by Crippen LogP contribution is 2.30. The lowest BCUT2D eigenvalue weighted by molar-refractivity contribution is 0.0983. The van der Waals surface area contributed by atoms with E-state index < -0.39 is 5.82 Å². The average molecular weight is 426 g/mol. The fourth-order valence-electron chi connectivity index (χ4n) is 2.84. The Balaban J connectivity index is 0.00000280. The first-order valence-electron chi connectivity index (χ1n) is 8.87. The molecule has 0 aliphatic carbocycles. The predicted molar refractivity (Wildman–Crippen MR) is 113 cm³/mol. The maximum Gasteiger partial charge on any atom is 0.260 e. The second-order valence-corrected chi connectivity index (χ2v) is 7.11. The molecule has 150 valence electrons. The van der Waals surface area contributed by atoms with Crippen molar-refractivity contribution in [2.24, 2.45) is 0 Å². The van der Waals surface area contributed by atoms with Gasteiger partial charge in [0, 0.05) is 18.7 Å². The maximum atomic E-state index is 13.6. The Morgan fingerprint density at radius 2 is 1.75 bits per heavy atom. The fraction of sp³-hybridized carbons (Fsp3) is 0.300. The van der Waals surface area contributed by atoms with Crippen LogP contribution >= 0.6 is 23.7 Å². The van der Waals surface area contributed by atoms with Crippen molar-refractivity contribution in [3.05, 3.63) is 59.7 Å². The van der Waals surface area contributed by atoms with Crippen LogP contribution in [0, 0.1) is 11.6 Å². The maximum absolute atomic E-state index is 13.6. The van der Waals surface area contributed by atoms with Crippen LogP contribution < -0.4 is 4.90 Å². The Kier molecular flexibility index (Phi) is 7.86. The topological polar surface area (TPSA) is 36.4 Å². The number of fused-ring (bicyclic) bond motifs is 1. The number of likely N-dealkylation sites (N-methyl/N-ethyl adjacent to an activating group) is 1. The van der Waals surface area contributed by atoms with Crippen LogP contribution in [0.4, 0.5) is 13.9 Å². The molecule has 3 rings (SSSR count). The summed E-state index contributed by atoms with van der Waals surface area (Å²) in [6.07, 6.45) is 0. The first kappa shape index (κ1) is 22.2. The van der Waals surface area contributed by atoms with E-state index in [9.17, 15) is 13.6 Å². The Hall–Kier alpha value is -2.09. The Labute approximate surface area is 173 Å². The lowest BCUT2D eigenvalue weighted by Crippen LogP contribution is -2.38. The van der Waals surface area contributed by atoms with E-state index in [1.165, 1.54) is 41.7 Å². The van der Waals surface area contributed by atoms with Gasteiger partial charge in [-0.3, -0.25) is 9.69 Å². The highest BCUT2D eigenvalue weighted by molar-refractivity contribution is 7.22. The summed E-state index contributed by atoms with van der Waals surface area (Å²) in [7, 11) is 0. The molecule has 0 saturated heterocycles. The van der Waals surface area contributed by atoms with Crippen LogP contribution in [0.25, 0.3) is 10.2 Å². The Morgan fingerprint density at radius 3 is 2.43 bits per heavy atom. The second-order valence-electron chi connectivity index (χ2n) is 6.10. The van der Waals surface area contributed by atoms with Crippen LogP contribution in [-0.2, 0) is 0 Å². The number of amides is 1. The first-order chi connectivity index (χ1) is 13.0. The molecule has 3 aromatic rings. The molecule has 0 aliphatic rings. The minimum absolute atomic E-state index is 0. The van der Waals surface area contributed by atoms with Crippen molar-refractivity contribution in [2.45, 2.75) is 13.8 Å². The molecule has 1 heterocycles. The molecule has 0 N–H and O–H groups in total. The fourth-order valence-corrected chi connectivity index (χ4v) is 3.86. The van der Waals surface area contributed by atoms with Crippen molar-refractivity contribution in [3.8, 4) is 0 Å². The van der Waals surface area contributed by atoms with E-state index in [2.05, 4.69) is 23.7 Å². The summed E-state index contributed by atoms with van der Waals surface area (Å²) in [4.78, 5) is 21.3. The van der Waals surface area contributed by atoms with E-state index in [0.717, 1.165) is 13.1 Å². The van der Waals surface area contributed by atoms with Crippen molar-refractivity contribution in [2.75, 3.05) is 31.1 Å². The molecular weight excluding hydrogens is 404 g/mol. The number of hydrogen-bond acceptors (Lipinski definition) is 4. The number of carbonyl (C=O) groups excluding carboxylic acids is 1. The van der Waals surface area contributed by atoms with E-state index in [1.807, 2.05) is 0 Å². The van der Waals surface area contributed by atoms with Gasteiger partial charge in [0.05, 0.1) is 10.2 Å². The lowest BCUT2D eigenvalue weighted by Gasteiger charge is -2.24. The molecule has 0 fully saturated rings. The summed E-state index contributed by atoms with van der Waals surface area (Å²) < 4.78 is 27.8. The molecule has 0 spiro atoms. The molecule has 28 heavy (non-hydrogen) atoms. The summed E-state index contributed by atoms with van der Waals surface area (Å²) in [5.41, 5.74) is 0.899. The van der Waals surface area contributed by atoms with Gasteiger partial charge in [0.1, 0.15) is 11.6 Å². The van der Waals surface area contributed by atoms with Crippen molar-refractivity contribution in [1.29, 1.82) is 0 Å². The summed E-state index contributed by atoms with van der Waals surface area (Å²) >= 11 is 1.26. The van der Waals surface area contributed by atoms with Gasteiger partial charge in [0.2, 0.25) is 0 Å². The average Bonchev–Trinajstić information content (AvgIpc) is 3.07. The standard InChI is InChI=1S/C20H21F2N3OS.ClH/c1-3-24(4-2)10-11-25(19(26)14-6-5-7-15(21)12-14)20-23-17-9-8-16(22)13-18(17)27-20;/h5-9,12-13H,3-4,10-11H2,1-2H3;1H. The monoisotopic (exact) mass is 425 g/mol. The summed E-state index contributed by atoms with van der Waals surface area (Å²) in [5, 5.41) is 0.483. The van der Waals surface area contributed by atoms with Gasteiger partial charge in [-0.1, -0.05) is 31.3 Å². The third-order valence-electron chi connectivity index (χ3n) is 4.42. The van der Waals surface area contributed by atoms with E-state index >= 15 is 0 Å². The van der Waals surface area contributed by atoms with E-state index in [0.29, 0.717) is 28.4 Å². The van der Waals surface area contributed by atoms with Crippen LogP contribution in [-0.4, -0.2) is 42.0 Å². The zero-order chi connectivity index (χ0) is 19.4. The lowest BCUT2D eigenvalue weighted by atomic mass is 10.2. The Bertz CT molecular complexity index is 946. The molecule has 0 unspecified atom stereocenters. The van der Waals surface area contributed by atoms with Crippen molar-refractivity contribution in [1.82, 2.24) is 9.88 Å². The van der Waals surface area contributed by atoms with Gasteiger partial charge < -0.3 is 4.90 Å². The van der Waals surface area contributed by atoms with E-state index in [1.54, 1.807) is 17.0 Å². The molecular formula is C20H22ClF2N3OS. The minimum Gasteiger partial charge on any atom is -0.302 e. The number of anilines is 1. The second kappa shape index (κ2) is 9.91. The van der Waals surface area contributed by atoms with Gasteiger partial charge in [0.25, 0.3) is 5.91 Å². The molecule has 0 bridgehead atoms. The summed E-state index contributed by atoms with van der Waals surface area (Å²) in [5.74, 6) is -1.12. The number of carbonyl (C=O) groups is 1. The largest absolute Gasteiger partial charge is 0.302 e. The molecule has 8 heteroatoms. The quantitative estimate of drug-likeness (QED) is 0.535. The summed E-state index contributed by atoms with van der Waals surface area (Å²) in [6.45, 7) is 6.93. The number of nitrogens with zero attached hydrogens (tertiary/aromatic N) is 3. The Morgan fingerprint density at radius 1 is 1.04 bits per heavy atom. The van der Waals surface area contributed by atoms with Crippen molar-refractivity contribution < 1.29 is 13.6 Å². The number of thiazole rings is 1. The summed E-state index contributed by atoms with van der Waals surface area (Å²) in [6, 6.07) is 9.98. The van der Waals surface area contributed by atoms with Gasteiger partial charge in [-0.05, 0) is 49.5 Å². The van der Waals surface area contributed by atoms with Crippen molar-refractivity contribution in [3.63, 3.8) is 0 Å². The number of halogens is 3. The molecule has 2 aromatic carbocycles. The third-order valence-corrected chi connectivity index (χ3v) is 5.46. The number of hydrogen-bond donors (Lipinski definition) is 0. The number of rotatable bonds is 7. The molecule has 4 nitrogen and oxygen atoms in total. The molecule has 0 aliphatic heterocycles. The van der Waals surface area contributed by atoms with Gasteiger partial charge in [-0.25, -0.2) is 13.8 Å². The SMILES string of the molecule is CCN(CC)CCN(C(=O)c1cccc(F)c1)c1nc2ccc(F)cc2s1.Cl. The van der Waals surface area contributed by atoms with Crippen LogP contribution in [0.15, 0.2) is 42.5 Å². The van der Waals surface area contributed by atoms with Gasteiger partial charge in [0.15, 0.2) is 5.13 Å². The predicted octanol–water partition coefficient (Wildman–Crippen LogP) is 4.98. The van der Waals surface area contributed by atoms with Crippen LogP contribution in [0.3, 0.4) is 0 Å². The molecule has 0 atom stereocenters. The smallest absolute Gasteiger partial charge is 0.260 e. The van der Waals surface area contributed by atoms with E-state index in [-0.39, 0.29) is 29.7 Å². The highest BCUT2D eigenvalue weighted by atomic mass is 35.5. The third kappa shape index (κ3) is 5.04. The molecule has 1 aromatic heterocycles. The van der Waals surface area contributed by atoms with Crippen molar-refractivity contribution >= 4 is 45.0 Å². The minimum atomic E-state index is -0.462. The van der Waals surface area contributed by atoms with E-state index in [4.69, 9.17) is 0 Å².